The minimum absolute atomic E-state index is 0.0202. The van der Waals surface area contributed by atoms with Crippen LogP contribution in [-0.4, -0.2) is 10.9 Å². The largest absolute Gasteiger partial charge is 0.511 e. The normalized spacial score (nSPS) is 22.4. The van der Waals surface area contributed by atoms with Gasteiger partial charge in [0.25, 0.3) is 0 Å². The van der Waals surface area contributed by atoms with E-state index in [1.54, 1.807) is 31.2 Å². The maximum Gasteiger partial charge on any atom is 0.417 e. The van der Waals surface area contributed by atoms with Crippen molar-refractivity contribution in [3.05, 3.63) is 64.9 Å². The van der Waals surface area contributed by atoms with Crippen molar-refractivity contribution >= 4 is 11.4 Å². The number of allylic oxidation sites excluding steroid dienone is 2. The average molecular weight is 372 g/mol. The van der Waals surface area contributed by atoms with Crippen LogP contribution in [0, 0.1) is 18.8 Å². The SMILES string of the molecule is Cc1ccc(-c2ccccc2C(F)(F)F)cc1C1=C(O)[C@@H]2CC[C@@H](C2)C1=O. The Morgan fingerprint density at radius 3 is 2.44 bits per heavy atom. The van der Waals surface area contributed by atoms with Gasteiger partial charge in [0, 0.05) is 11.8 Å². The van der Waals surface area contributed by atoms with Gasteiger partial charge in [-0.25, -0.2) is 0 Å². The van der Waals surface area contributed by atoms with Crippen molar-refractivity contribution in [1.29, 1.82) is 0 Å². The number of aliphatic hydroxyl groups excluding tert-OH is 1. The van der Waals surface area contributed by atoms with Crippen molar-refractivity contribution in [3.63, 3.8) is 0 Å². The van der Waals surface area contributed by atoms with E-state index in [4.69, 9.17) is 0 Å². The minimum Gasteiger partial charge on any atom is -0.511 e. The van der Waals surface area contributed by atoms with Crippen molar-refractivity contribution in [1.82, 2.24) is 0 Å². The molecule has 2 aliphatic carbocycles. The molecule has 4 rings (SSSR count). The Labute approximate surface area is 155 Å². The zero-order valence-corrected chi connectivity index (χ0v) is 14.8. The molecule has 0 amide bonds. The van der Waals surface area contributed by atoms with Crippen molar-refractivity contribution in [2.45, 2.75) is 32.4 Å². The number of alkyl halides is 3. The van der Waals surface area contributed by atoms with Gasteiger partial charge in [-0.1, -0.05) is 30.3 Å². The van der Waals surface area contributed by atoms with E-state index in [0.717, 1.165) is 24.5 Å². The molecule has 0 aromatic heterocycles. The third-order valence-corrected chi connectivity index (χ3v) is 5.74. The second kappa shape index (κ2) is 6.25. The lowest BCUT2D eigenvalue weighted by Gasteiger charge is -2.23. The second-order valence-electron chi connectivity index (χ2n) is 7.40. The molecule has 2 aromatic rings. The monoisotopic (exact) mass is 372 g/mol. The summed E-state index contributed by atoms with van der Waals surface area (Å²) in [5.74, 6) is -0.108. The Hall–Kier alpha value is -2.56. The fraction of sp³-hybridized carbons (Fsp3) is 0.318. The fourth-order valence-corrected chi connectivity index (χ4v) is 4.31. The molecule has 0 heterocycles. The molecular weight excluding hydrogens is 353 g/mol. The first-order chi connectivity index (χ1) is 12.8. The summed E-state index contributed by atoms with van der Waals surface area (Å²) in [5.41, 5.74) is 1.32. The number of hydrogen-bond donors (Lipinski definition) is 1. The van der Waals surface area contributed by atoms with Crippen LogP contribution in [-0.2, 0) is 11.0 Å². The summed E-state index contributed by atoms with van der Waals surface area (Å²) in [6.07, 6.45) is -2.26. The van der Waals surface area contributed by atoms with Gasteiger partial charge in [0.05, 0.1) is 11.1 Å². The van der Waals surface area contributed by atoms with E-state index in [1.807, 2.05) is 0 Å². The second-order valence-corrected chi connectivity index (χ2v) is 7.40. The molecule has 2 bridgehead atoms. The zero-order chi connectivity index (χ0) is 19.3. The predicted molar refractivity (Wildman–Crippen MR) is 97.0 cm³/mol. The number of carbonyl (C=O) groups is 1. The van der Waals surface area contributed by atoms with Crippen molar-refractivity contribution in [3.8, 4) is 11.1 Å². The maximum atomic E-state index is 13.4. The summed E-state index contributed by atoms with van der Waals surface area (Å²) >= 11 is 0. The standard InChI is InChI=1S/C22H19F3O2/c1-12-6-7-13(16-4-2-3-5-18(16)22(23,24)25)11-17(12)19-20(26)14-8-9-15(10-14)21(19)27/h2-7,11,14-15,26H,8-10H2,1H3/t14-,15+/m1/s1. The van der Waals surface area contributed by atoms with E-state index < -0.39 is 11.7 Å². The Kier molecular flexibility index (Phi) is 4.13. The number of carbonyl (C=O) groups excluding carboxylic acids is 1. The highest BCUT2D eigenvalue weighted by atomic mass is 19.4. The van der Waals surface area contributed by atoms with Crippen LogP contribution in [0.5, 0.6) is 0 Å². The van der Waals surface area contributed by atoms with Crippen LogP contribution in [0.4, 0.5) is 13.2 Å². The lowest BCUT2D eigenvalue weighted by atomic mass is 9.81. The quantitative estimate of drug-likeness (QED) is 0.707. The summed E-state index contributed by atoms with van der Waals surface area (Å²) in [4.78, 5) is 12.8. The highest BCUT2D eigenvalue weighted by Gasteiger charge is 2.41. The van der Waals surface area contributed by atoms with Crippen LogP contribution in [0.2, 0.25) is 0 Å². The number of hydrogen-bond acceptors (Lipinski definition) is 2. The highest BCUT2D eigenvalue weighted by molar-refractivity contribution is 6.23. The van der Waals surface area contributed by atoms with Gasteiger partial charge in [0.1, 0.15) is 5.76 Å². The summed E-state index contributed by atoms with van der Waals surface area (Å²) in [5, 5.41) is 10.6. The molecule has 2 nitrogen and oxygen atoms in total. The number of fused-ring (bicyclic) bond motifs is 2. The minimum atomic E-state index is -4.47. The molecule has 5 heteroatoms. The topological polar surface area (TPSA) is 37.3 Å². The number of ketones is 1. The van der Waals surface area contributed by atoms with Gasteiger partial charge in [-0.3, -0.25) is 4.79 Å². The molecule has 1 N–H and O–H groups in total. The van der Waals surface area contributed by atoms with Gasteiger partial charge >= 0.3 is 6.18 Å². The first-order valence-corrected chi connectivity index (χ1v) is 9.02. The molecule has 0 radical (unpaired) electrons. The molecule has 0 aliphatic heterocycles. The zero-order valence-electron chi connectivity index (χ0n) is 14.8. The number of halogens is 3. The van der Waals surface area contributed by atoms with Crippen LogP contribution in [0.15, 0.2) is 48.2 Å². The lowest BCUT2D eigenvalue weighted by Crippen LogP contribution is -2.21. The molecule has 140 valence electrons. The van der Waals surface area contributed by atoms with Crippen LogP contribution < -0.4 is 0 Å². The van der Waals surface area contributed by atoms with E-state index in [0.29, 0.717) is 17.5 Å². The van der Waals surface area contributed by atoms with Crippen molar-refractivity contribution in [2.24, 2.45) is 11.8 Å². The van der Waals surface area contributed by atoms with Crippen molar-refractivity contribution < 1.29 is 23.1 Å². The third-order valence-electron chi connectivity index (χ3n) is 5.74. The molecule has 2 atom stereocenters. The highest BCUT2D eigenvalue weighted by Crippen LogP contribution is 2.46. The van der Waals surface area contributed by atoms with Crippen molar-refractivity contribution in [2.75, 3.05) is 0 Å². The molecule has 1 fully saturated rings. The Morgan fingerprint density at radius 1 is 1.00 bits per heavy atom. The van der Waals surface area contributed by atoms with E-state index in [9.17, 15) is 23.1 Å². The molecule has 0 spiro atoms. The number of aryl methyl sites for hydroxylation is 1. The van der Waals surface area contributed by atoms with Gasteiger partial charge < -0.3 is 5.11 Å². The predicted octanol–water partition coefficient (Wildman–Crippen LogP) is 5.95. The molecule has 1 saturated carbocycles. The van der Waals surface area contributed by atoms with Gasteiger partial charge in [0.2, 0.25) is 0 Å². The molecular formula is C22H19F3O2. The number of Topliss-reactive ketones (excluding diaryl/α,β-unsaturated/α-hetero) is 1. The maximum absolute atomic E-state index is 13.4. The van der Waals surface area contributed by atoms with E-state index in [-0.39, 0.29) is 34.5 Å². The van der Waals surface area contributed by atoms with Gasteiger partial charge in [-0.2, -0.15) is 13.2 Å². The van der Waals surface area contributed by atoms with E-state index >= 15 is 0 Å². The summed E-state index contributed by atoms with van der Waals surface area (Å²) in [6.45, 7) is 1.80. The third kappa shape index (κ3) is 2.95. The summed E-state index contributed by atoms with van der Waals surface area (Å²) < 4.78 is 40.2. The molecule has 0 unspecified atom stereocenters. The Bertz CT molecular complexity index is 956. The molecule has 27 heavy (non-hydrogen) atoms. The van der Waals surface area contributed by atoms with Gasteiger partial charge in [-0.15, -0.1) is 0 Å². The van der Waals surface area contributed by atoms with Crippen LogP contribution >= 0.6 is 0 Å². The number of rotatable bonds is 2. The van der Waals surface area contributed by atoms with Crippen LogP contribution in [0.1, 0.15) is 36.0 Å². The molecule has 2 aliphatic rings. The van der Waals surface area contributed by atoms with Crippen LogP contribution in [0.25, 0.3) is 16.7 Å². The Morgan fingerprint density at radius 2 is 1.70 bits per heavy atom. The first-order valence-electron chi connectivity index (χ1n) is 9.02. The van der Waals surface area contributed by atoms with E-state index in [1.165, 1.54) is 12.1 Å². The van der Waals surface area contributed by atoms with E-state index in [2.05, 4.69) is 0 Å². The Balaban J connectivity index is 1.88. The number of benzene rings is 2. The fourth-order valence-electron chi connectivity index (χ4n) is 4.31. The molecule has 0 saturated heterocycles. The van der Waals surface area contributed by atoms with Crippen LogP contribution in [0.3, 0.4) is 0 Å². The van der Waals surface area contributed by atoms with Gasteiger partial charge in [-0.05, 0) is 60.6 Å². The molecule has 2 aromatic carbocycles. The smallest absolute Gasteiger partial charge is 0.417 e. The first kappa shape index (κ1) is 17.8. The number of aliphatic hydroxyl groups is 1. The summed E-state index contributed by atoms with van der Waals surface area (Å²) in [6, 6.07) is 10.3. The summed E-state index contributed by atoms with van der Waals surface area (Å²) in [7, 11) is 0. The average Bonchev–Trinajstić information content (AvgIpc) is 3.08. The lowest BCUT2D eigenvalue weighted by molar-refractivity contribution is -0.137. The van der Waals surface area contributed by atoms with Gasteiger partial charge in [0.15, 0.2) is 5.78 Å².